The van der Waals surface area contributed by atoms with E-state index in [4.69, 9.17) is 5.73 Å². The van der Waals surface area contributed by atoms with Crippen LogP contribution in [0.1, 0.15) is 31.2 Å². The Balaban J connectivity index is 0.00000200. The molecule has 0 saturated heterocycles. The van der Waals surface area contributed by atoms with Crippen molar-refractivity contribution < 1.29 is 4.79 Å². The lowest BCUT2D eigenvalue weighted by atomic mass is 9.98. The molecular weight excluding hydrogens is 292 g/mol. The van der Waals surface area contributed by atoms with Crippen molar-refractivity contribution >= 4 is 30.1 Å². The van der Waals surface area contributed by atoms with E-state index in [2.05, 4.69) is 36.5 Å². The van der Waals surface area contributed by atoms with Crippen LogP contribution < -0.4 is 11.1 Å². The van der Waals surface area contributed by atoms with Gasteiger partial charge in [-0.15, -0.1) is 24.2 Å². The average molecular weight is 315 g/mol. The van der Waals surface area contributed by atoms with Gasteiger partial charge in [0.15, 0.2) is 0 Å². The number of thioether (sulfide) groups is 1. The van der Waals surface area contributed by atoms with E-state index < -0.39 is 5.54 Å². The lowest BCUT2D eigenvalue weighted by Crippen LogP contribution is -2.52. The number of amides is 1. The standard InChI is InChI=1S/C15H22N2OS.ClH/c1-12-4-6-13(7-5-12)19-11-10-17-14(18)15(16)8-2-3-9-15;/h4-7H,2-3,8-11,16H2,1H3,(H,17,18);1H. The summed E-state index contributed by atoms with van der Waals surface area (Å²) >= 11 is 1.76. The maximum absolute atomic E-state index is 12.0. The molecule has 1 fully saturated rings. The van der Waals surface area contributed by atoms with Crippen molar-refractivity contribution in [2.24, 2.45) is 5.73 Å². The molecule has 3 N–H and O–H groups in total. The molecule has 0 aromatic heterocycles. The summed E-state index contributed by atoms with van der Waals surface area (Å²) in [4.78, 5) is 13.2. The van der Waals surface area contributed by atoms with Crippen LogP contribution in [0.3, 0.4) is 0 Å². The molecule has 1 aliphatic carbocycles. The molecule has 3 nitrogen and oxygen atoms in total. The maximum atomic E-state index is 12.0. The van der Waals surface area contributed by atoms with Gasteiger partial charge >= 0.3 is 0 Å². The first kappa shape index (κ1) is 17.3. The summed E-state index contributed by atoms with van der Waals surface area (Å²) < 4.78 is 0. The molecule has 112 valence electrons. The Morgan fingerprint density at radius 2 is 1.90 bits per heavy atom. The van der Waals surface area contributed by atoms with E-state index in [9.17, 15) is 4.79 Å². The number of benzene rings is 1. The molecule has 1 aliphatic rings. The first-order valence-electron chi connectivity index (χ1n) is 6.87. The largest absolute Gasteiger partial charge is 0.354 e. The van der Waals surface area contributed by atoms with Crippen LogP contribution in [0, 0.1) is 6.92 Å². The van der Waals surface area contributed by atoms with Gasteiger partial charge < -0.3 is 11.1 Å². The third-order valence-electron chi connectivity index (χ3n) is 3.63. The van der Waals surface area contributed by atoms with E-state index in [0.717, 1.165) is 31.4 Å². The maximum Gasteiger partial charge on any atom is 0.240 e. The fourth-order valence-electron chi connectivity index (χ4n) is 2.38. The summed E-state index contributed by atoms with van der Waals surface area (Å²) in [5, 5.41) is 2.96. The van der Waals surface area contributed by atoms with Crippen LogP contribution in [0.15, 0.2) is 29.2 Å². The number of hydrogen-bond donors (Lipinski definition) is 2. The smallest absolute Gasteiger partial charge is 0.240 e. The molecule has 0 bridgehead atoms. The average Bonchev–Trinajstić information content (AvgIpc) is 2.85. The highest BCUT2D eigenvalue weighted by molar-refractivity contribution is 7.99. The number of nitrogens with two attached hydrogens (primary N) is 1. The number of carbonyl (C=O) groups is 1. The molecule has 0 spiro atoms. The molecular formula is C15H23ClN2OS. The van der Waals surface area contributed by atoms with Gasteiger partial charge in [-0.2, -0.15) is 0 Å². The van der Waals surface area contributed by atoms with Crippen LogP contribution in [0.25, 0.3) is 0 Å². The summed E-state index contributed by atoms with van der Waals surface area (Å²) in [5.41, 5.74) is 6.76. The molecule has 1 amide bonds. The minimum absolute atomic E-state index is 0. The summed E-state index contributed by atoms with van der Waals surface area (Å²) in [7, 11) is 0. The molecule has 0 heterocycles. The first-order valence-corrected chi connectivity index (χ1v) is 7.85. The zero-order chi connectivity index (χ0) is 13.7. The van der Waals surface area contributed by atoms with Gasteiger partial charge in [0.05, 0.1) is 5.54 Å². The Hall–Kier alpha value is -0.710. The van der Waals surface area contributed by atoms with E-state index in [-0.39, 0.29) is 18.3 Å². The Morgan fingerprint density at radius 1 is 1.30 bits per heavy atom. The van der Waals surface area contributed by atoms with Gasteiger partial charge in [-0.25, -0.2) is 0 Å². The van der Waals surface area contributed by atoms with E-state index in [1.165, 1.54) is 10.5 Å². The molecule has 0 aliphatic heterocycles. The first-order chi connectivity index (χ1) is 9.10. The molecule has 0 unspecified atom stereocenters. The van der Waals surface area contributed by atoms with Crippen LogP contribution in [-0.4, -0.2) is 23.7 Å². The van der Waals surface area contributed by atoms with Crippen LogP contribution >= 0.6 is 24.2 Å². The van der Waals surface area contributed by atoms with Crippen molar-refractivity contribution in [3.63, 3.8) is 0 Å². The summed E-state index contributed by atoms with van der Waals surface area (Å²) in [5.74, 6) is 0.903. The quantitative estimate of drug-likeness (QED) is 0.649. The number of hydrogen-bond acceptors (Lipinski definition) is 3. The van der Waals surface area contributed by atoms with Crippen LogP contribution in [0.4, 0.5) is 0 Å². The SMILES string of the molecule is Cc1ccc(SCCNC(=O)C2(N)CCCC2)cc1.Cl. The van der Waals surface area contributed by atoms with Gasteiger partial charge in [0.1, 0.15) is 0 Å². The Labute approximate surface area is 131 Å². The van der Waals surface area contributed by atoms with Crippen molar-refractivity contribution in [1.82, 2.24) is 5.32 Å². The van der Waals surface area contributed by atoms with Gasteiger partial charge in [0.2, 0.25) is 5.91 Å². The minimum Gasteiger partial charge on any atom is -0.354 e. The highest BCUT2D eigenvalue weighted by Gasteiger charge is 2.36. The summed E-state index contributed by atoms with van der Waals surface area (Å²) in [6, 6.07) is 8.44. The predicted molar refractivity (Wildman–Crippen MR) is 87.5 cm³/mol. The number of aryl methyl sites for hydroxylation is 1. The van der Waals surface area contributed by atoms with Crippen molar-refractivity contribution in [1.29, 1.82) is 0 Å². The van der Waals surface area contributed by atoms with Gasteiger partial charge in [-0.3, -0.25) is 4.79 Å². The molecule has 2 rings (SSSR count). The normalized spacial score (nSPS) is 16.5. The number of rotatable bonds is 5. The lowest BCUT2D eigenvalue weighted by Gasteiger charge is -2.22. The van der Waals surface area contributed by atoms with Gasteiger partial charge in [0.25, 0.3) is 0 Å². The molecule has 0 atom stereocenters. The fraction of sp³-hybridized carbons (Fsp3) is 0.533. The second kappa shape index (κ2) is 7.91. The minimum atomic E-state index is -0.603. The van der Waals surface area contributed by atoms with Crippen molar-refractivity contribution in [2.45, 2.75) is 43.0 Å². The van der Waals surface area contributed by atoms with Crippen LogP contribution in [0.5, 0.6) is 0 Å². The Morgan fingerprint density at radius 3 is 2.50 bits per heavy atom. The van der Waals surface area contributed by atoms with Crippen molar-refractivity contribution in [2.75, 3.05) is 12.3 Å². The second-order valence-corrected chi connectivity index (χ2v) is 6.45. The Kier molecular flexibility index (Phi) is 6.86. The van der Waals surface area contributed by atoms with Crippen LogP contribution in [-0.2, 0) is 4.79 Å². The van der Waals surface area contributed by atoms with Crippen molar-refractivity contribution in [3.8, 4) is 0 Å². The van der Waals surface area contributed by atoms with Crippen molar-refractivity contribution in [3.05, 3.63) is 29.8 Å². The second-order valence-electron chi connectivity index (χ2n) is 5.28. The predicted octanol–water partition coefficient (Wildman–Crippen LogP) is 2.90. The molecule has 1 saturated carbocycles. The molecule has 1 aromatic carbocycles. The van der Waals surface area contributed by atoms with Gasteiger partial charge in [0, 0.05) is 17.2 Å². The van der Waals surface area contributed by atoms with Gasteiger partial charge in [-0.05, 0) is 31.9 Å². The fourth-order valence-corrected chi connectivity index (χ4v) is 3.15. The highest BCUT2D eigenvalue weighted by atomic mass is 35.5. The number of nitrogens with one attached hydrogen (secondary N) is 1. The summed E-state index contributed by atoms with van der Waals surface area (Å²) in [6.07, 6.45) is 3.79. The monoisotopic (exact) mass is 314 g/mol. The van der Waals surface area contributed by atoms with Crippen LogP contribution in [0.2, 0.25) is 0 Å². The zero-order valence-corrected chi connectivity index (χ0v) is 13.5. The van der Waals surface area contributed by atoms with E-state index in [0.29, 0.717) is 6.54 Å². The molecule has 1 aromatic rings. The third-order valence-corrected chi connectivity index (χ3v) is 4.64. The molecule has 5 heteroatoms. The third kappa shape index (κ3) is 4.69. The van der Waals surface area contributed by atoms with E-state index in [1.807, 2.05) is 0 Å². The summed E-state index contributed by atoms with van der Waals surface area (Å²) in [6.45, 7) is 2.76. The topological polar surface area (TPSA) is 55.1 Å². The Bertz CT molecular complexity index is 430. The highest BCUT2D eigenvalue weighted by Crippen LogP contribution is 2.27. The lowest BCUT2D eigenvalue weighted by molar-refractivity contribution is -0.126. The number of halogens is 1. The molecule has 0 radical (unpaired) electrons. The van der Waals surface area contributed by atoms with E-state index >= 15 is 0 Å². The zero-order valence-electron chi connectivity index (χ0n) is 11.9. The van der Waals surface area contributed by atoms with Gasteiger partial charge in [-0.1, -0.05) is 30.5 Å². The van der Waals surface area contributed by atoms with E-state index in [1.54, 1.807) is 11.8 Å². The molecule has 20 heavy (non-hydrogen) atoms. The number of carbonyl (C=O) groups excluding carboxylic acids is 1.